The maximum absolute atomic E-state index is 12.8. The van der Waals surface area contributed by atoms with Crippen molar-refractivity contribution < 1.29 is 9.59 Å². The highest BCUT2D eigenvalue weighted by Gasteiger charge is 2.28. The molecule has 3 N–H and O–H groups in total. The Morgan fingerprint density at radius 2 is 2.00 bits per heavy atom. The highest BCUT2D eigenvalue weighted by molar-refractivity contribution is 6.12. The number of fused-ring (bicyclic) bond motifs is 1. The van der Waals surface area contributed by atoms with Gasteiger partial charge in [0.05, 0.1) is 11.6 Å². The van der Waals surface area contributed by atoms with Crippen molar-refractivity contribution in [2.24, 2.45) is 5.73 Å². The predicted molar refractivity (Wildman–Crippen MR) is 109 cm³/mol. The summed E-state index contributed by atoms with van der Waals surface area (Å²) in [7, 11) is 0. The molecular formula is C22H22N4O2. The van der Waals surface area contributed by atoms with Crippen LogP contribution in [0, 0.1) is 0 Å². The normalized spacial score (nSPS) is 16.9. The van der Waals surface area contributed by atoms with Gasteiger partial charge in [0.15, 0.2) is 0 Å². The van der Waals surface area contributed by atoms with Crippen molar-refractivity contribution in [3.63, 3.8) is 0 Å². The van der Waals surface area contributed by atoms with Crippen LogP contribution >= 0.6 is 0 Å². The molecule has 6 heteroatoms. The Kier molecular flexibility index (Phi) is 5.04. The van der Waals surface area contributed by atoms with E-state index < -0.39 is 0 Å². The number of likely N-dealkylation sites (tertiary alicyclic amines) is 1. The van der Waals surface area contributed by atoms with E-state index in [0.717, 1.165) is 41.5 Å². The van der Waals surface area contributed by atoms with Gasteiger partial charge in [0.25, 0.3) is 5.91 Å². The van der Waals surface area contributed by atoms with Crippen molar-refractivity contribution in [3.8, 4) is 0 Å². The SMILES string of the molecule is NC(=O)C1CCCN1Cc1cccc(NC(=O)c2cccc3ncccc23)c1. The second-order valence-electron chi connectivity index (χ2n) is 7.06. The van der Waals surface area contributed by atoms with E-state index in [9.17, 15) is 9.59 Å². The van der Waals surface area contributed by atoms with E-state index in [-0.39, 0.29) is 17.9 Å². The third-order valence-corrected chi connectivity index (χ3v) is 5.15. The van der Waals surface area contributed by atoms with Crippen molar-refractivity contribution in [1.82, 2.24) is 9.88 Å². The fourth-order valence-electron chi connectivity index (χ4n) is 3.82. The molecule has 142 valence electrons. The number of nitrogens with two attached hydrogens (primary N) is 1. The zero-order valence-corrected chi connectivity index (χ0v) is 15.5. The molecule has 6 nitrogen and oxygen atoms in total. The first kappa shape index (κ1) is 18.1. The quantitative estimate of drug-likeness (QED) is 0.719. The Hall–Kier alpha value is -3.25. The highest BCUT2D eigenvalue weighted by atomic mass is 16.2. The minimum absolute atomic E-state index is 0.174. The molecule has 1 saturated heterocycles. The van der Waals surface area contributed by atoms with E-state index in [0.29, 0.717) is 12.1 Å². The van der Waals surface area contributed by atoms with Crippen molar-refractivity contribution in [1.29, 1.82) is 0 Å². The minimum atomic E-state index is -0.272. The molecule has 28 heavy (non-hydrogen) atoms. The summed E-state index contributed by atoms with van der Waals surface area (Å²) < 4.78 is 0. The van der Waals surface area contributed by atoms with Gasteiger partial charge in [-0.15, -0.1) is 0 Å². The lowest BCUT2D eigenvalue weighted by molar-refractivity contribution is -0.122. The van der Waals surface area contributed by atoms with Gasteiger partial charge < -0.3 is 11.1 Å². The molecule has 1 aliphatic rings. The van der Waals surface area contributed by atoms with E-state index in [1.165, 1.54) is 0 Å². The largest absolute Gasteiger partial charge is 0.368 e. The van der Waals surface area contributed by atoms with Crippen LogP contribution in [0.5, 0.6) is 0 Å². The summed E-state index contributed by atoms with van der Waals surface area (Å²) in [5.74, 6) is -0.446. The molecule has 0 radical (unpaired) electrons. The second-order valence-corrected chi connectivity index (χ2v) is 7.06. The Morgan fingerprint density at radius 1 is 1.14 bits per heavy atom. The van der Waals surface area contributed by atoms with Crippen LogP contribution in [0.3, 0.4) is 0 Å². The molecular weight excluding hydrogens is 352 g/mol. The van der Waals surface area contributed by atoms with Gasteiger partial charge >= 0.3 is 0 Å². The Labute approximate surface area is 163 Å². The Bertz CT molecular complexity index is 1030. The van der Waals surface area contributed by atoms with Gasteiger partial charge in [0, 0.05) is 29.4 Å². The van der Waals surface area contributed by atoms with Crippen molar-refractivity contribution in [2.45, 2.75) is 25.4 Å². The van der Waals surface area contributed by atoms with Crippen LogP contribution in [-0.4, -0.2) is 34.3 Å². The summed E-state index contributed by atoms with van der Waals surface area (Å²) in [6.45, 7) is 1.49. The first-order valence-corrected chi connectivity index (χ1v) is 9.39. The van der Waals surface area contributed by atoms with Crippen molar-refractivity contribution in [3.05, 3.63) is 71.9 Å². The molecule has 1 fully saturated rings. The van der Waals surface area contributed by atoms with E-state index in [4.69, 9.17) is 5.73 Å². The number of aromatic nitrogens is 1. The third kappa shape index (κ3) is 3.73. The average Bonchev–Trinajstić information content (AvgIpc) is 3.16. The average molecular weight is 374 g/mol. The molecule has 1 atom stereocenters. The summed E-state index contributed by atoms with van der Waals surface area (Å²) in [6.07, 6.45) is 3.49. The van der Waals surface area contributed by atoms with Crippen LogP contribution in [-0.2, 0) is 11.3 Å². The number of nitrogens with one attached hydrogen (secondary N) is 1. The van der Waals surface area contributed by atoms with Crippen LogP contribution in [0.15, 0.2) is 60.8 Å². The maximum Gasteiger partial charge on any atom is 0.256 e. The highest BCUT2D eigenvalue weighted by Crippen LogP contribution is 2.22. The first-order valence-electron chi connectivity index (χ1n) is 9.39. The van der Waals surface area contributed by atoms with Crippen LogP contribution in [0.2, 0.25) is 0 Å². The van der Waals surface area contributed by atoms with Crippen LogP contribution in [0.25, 0.3) is 10.9 Å². The second kappa shape index (κ2) is 7.78. The van der Waals surface area contributed by atoms with Gasteiger partial charge in [-0.2, -0.15) is 0 Å². The van der Waals surface area contributed by atoms with E-state index in [2.05, 4.69) is 15.2 Å². The smallest absolute Gasteiger partial charge is 0.256 e. The number of amides is 2. The van der Waals surface area contributed by atoms with Gasteiger partial charge in [0.2, 0.25) is 5.91 Å². The fraction of sp³-hybridized carbons (Fsp3) is 0.227. The molecule has 1 aliphatic heterocycles. The van der Waals surface area contributed by atoms with E-state index in [1.807, 2.05) is 48.5 Å². The molecule has 0 saturated carbocycles. The van der Waals surface area contributed by atoms with Gasteiger partial charge in [-0.25, -0.2) is 0 Å². The molecule has 0 bridgehead atoms. The summed E-state index contributed by atoms with van der Waals surface area (Å²) in [5.41, 5.74) is 8.63. The molecule has 1 aromatic heterocycles. The van der Waals surface area contributed by atoms with Gasteiger partial charge in [0.1, 0.15) is 0 Å². The molecule has 0 spiro atoms. The fourth-order valence-corrected chi connectivity index (χ4v) is 3.82. The minimum Gasteiger partial charge on any atom is -0.368 e. The molecule has 0 aliphatic carbocycles. The third-order valence-electron chi connectivity index (χ3n) is 5.15. The lowest BCUT2D eigenvalue weighted by atomic mass is 10.1. The summed E-state index contributed by atoms with van der Waals surface area (Å²) in [4.78, 5) is 30.8. The van der Waals surface area contributed by atoms with E-state index >= 15 is 0 Å². The molecule has 2 aromatic carbocycles. The summed E-state index contributed by atoms with van der Waals surface area (Å²) in [5, 5.41) is 3.79. The van der Waals surface area contributed by atoms with Crippen LogP contribution < -0.4 is 11.1 Å². The Balaban J connectivity index is 1.52. The van der Waals surface area contributed by atoms with Crippen molar-refractivity contribution >= 4 is 28.4 Å². The number of hydrogen-bond donors (Lipinski definition) is 2. The molecule has 1 unspecified atom stereocenters. The number of carbonyl (C=O) groups is 2. The monoisotopic (exact) mass is 374 g/mol. The number of rotatable bonds is 5. The lowest BCUT2D eigenvalue weighted by Gasteiger charge is -2.22. The number of primary amides is 1. The number of hydrogen-bond acceptors (Lipinski definition) is 4. The van der Waals surface area contributed by atoms with Crippen LogP contribution in [0.1, 0.15) is 28.8 Å². The zero-order chi connectivity index (χ0) is 19.5. The summed E-state index contributed by atoms with van der Waals surface area (Å²) in [6, 6.07) is 16.7. The number of pyridine rings is 1. The van der Waals surface area contributed by atoms with Gasteiger partial charge in [-0.1, -0.05) is 24.3 Å². The van der Waals surface area contributed by atoms with Gasteiger partial charge in [-0.3, -0.25) is 19.5 Å². The lowest BCUT2D eigenvalue weighted by Crippen LogP contribution is -2.39. The maximum atomic E-state index is 12.8. The van der Waals surface area contributed by atoms with Crippen LogP contribution in [0.4, 0.5) is 5.69 Å². The molecule has 2 amide bonds. The van der Waals surface area contributed by atoms with Gasteiger partial charge in [-0.05, 0) is 55.3 Å². The summed E-state index contributed by atoms with van der Waals surface area (Å²) >= 11 is 0. The Morgan fingerprint density at radius 3 is 2.86 bits per heavy atom. The molecule has 4 rings (SSSR count). The number of nitrogens with zero attached hydrogens (tertiary/aromatic N) is 2. The predicted octanol–water partition coefficient (Wildman–Crippen LogP) is 2.94. The molecule has 2 heterocycles. The van der Waals surface area contributed by atoms with E-state index in [1.54, 1.807) is 12.3 Å². The first-order chi connectivity index (χ1) is 13.6. The molecule has 3 aromatic rings. The number of benzene rings is 2. The number of anilines is 1. The number of carbonyl (C=O) groups excluding carboxylic acids is 2. The topological polar surface area (TPSA) is 88.3 Å². The zero-order valence-electron chi connectivity index (χ0n) is 15.5. The standard InChI is InChI=1S/C22H22N4O2/c23-21(27)20-10-4-12-26(20)14-15-5-1-6-16(13-15)25-22(28)18-7-2-9-19-17(18)8-3-11-24-19/h1-3,5-9,11,13,20H,4,10,12,14H2,(H2,23,27)(H,25,28). The van der Waals surface area contributed by atoms with Crippen molar-refractivity contribution in [2.75, 3.05) is 11.9 Å².